The van der Waals surface area contributed by atoms with Crippen LogP contribution in [0.25, 0.3) is 16.7 Å². The minimum absolute atomic E-state index is 0.284. The van der Waals surface area contributed by atoms with E-state index in [-0.39, 0.29) is 17.3 Å². The number of halogens is 1. The highest BCUT2D eigenvalue weighted by molar-refractivity contribution is 7.13. The number of pyridine rings is 1. The van der Waals surface area contributed by atoms with Gasteiger partial charge in [0, 0.05) is 16.8 Å². The fourth-order valence-corrected chi connectivity index (χ4v) is 3.35. The zero-order chi connectivity index (χ0) is 18.3. The minimum atomic E-state index is -0.390. The number of rotatable bonds is 3. The number of thiazole rings is 1. The zero-order valence-electron chi connectivity index (χ0n) is 13.6. The van der Waals surface area contributed by atoms with Gasteiger partial charge in [-0.15, -0.1) is 11.3 Å². The molecule has 1 aromatic carbocycles. The summed E-state index contributed by atoms with van der Waals surface area (Å²) in [5, 5.41) is 5.75. The first-order valence-electron chi connectivity index (χ1n) is 7.75. The quantitative estimate of drug-likeness (QED) is 0.581. The molecule has 0 bridgehead atoms. The van der Waals surface area contributed by atoms with Crippen LogP contribution in [0.5, 0.6) is 0 Å². The van der Waals surface area contributed by atoms with Gasteiger partial charge in [0.2, 0.25) is 0 Å². The summed E-state index contributed by atoms with van der Waals surface area (Å²) in [6.07, 6.45) is 0. The van der Waals surface area contributed by atoms with E-state index >= 15 is 0 Å². The summed E-state index contributed by atoms with van der Waals surface area (Å²) in [4.78, 5) is 32.0. The van der Waals surface area contributed by atoms with E-state index in [1.165, 1.54) is 46.2 Å². The Kier molecular flexibility index (Phi) is 3.89. The summed E-state index contributed by atoms with van der Waals surface area (Å²) < 4.78 is 14.6. The summed E-state index contributed by atoms with van der Waals surface area (Å²) >= 11 is 1.34. The van der Waals surface area contributed by atoms with E-state index in [1.807, 2.05) is 12.3 Å². The molecule has 3 aromatic heterocycles. The molecule has 4 aromatic rings. The van der Waals surface area contributed by atoms with E-state index in [4.69, 9.17) is 0 Å². The molecular formula is C18H13FN4O2S. The number of aryl methyl sites for hydroxylation is 1. The lowest BCUT2D eigenvalue weighted by Gasteiger charge is -2.07. The van der Waals surface area contributed by atoms with Crippen LogP contribution in [0.2, 0.25) is 0 Å². The lowest BCUT2D eigenvalue weighted by atomic mass is 10.2. The smallest absolute Gasteiger partial charge is 0.273 e. The van der Waals surface area contributed by atoms with E-state index < -0.39 is 0 Å². The van der Waals surface area contributed by atoms with Gasteiger partial charge in [0.05, 0.1) is 11.4 Å². The number of amides is 1. The number of nitrogens with one attached hydrogen (secondary N) is 2. The highest BCUT2D eigenvalue weighted by Gasteiger charge is 2.14. The summed E-state index contributed by atoms with van der Waals surface area (Å²) in [7, 11) is 0. The number of anilines is 1. The molecule has 0 aliphatic heterocycles. The van der Waals surface area contributed by atoms with E-state index in [9.17, 15) is 14.0 Å². The highest BCUT2D eigenvalue weighted by Crippen LogP contribution is 2.20. The van der Waals surface area contributed by atoms with Crippen molar-refractivity contribution in [3.8, 4) is 5.69 Å². The maximum absolute atomic E-state index is 13.2. The molecule has 0 atom stereocenters. The van der Waals surface area contributed by atoms with Crippen molar-refractivity contribution >= 4 is 33.4 Å². The first-order valence-corrected chi connectivity index (χ1v) is 8.63. The van der Waals surface area contributed by atoms with Crippen LogP contribution in [0, 0.1) is 12.7 Å². The van der Waals surface area contributed by atoms with Gasteiger partial charge in [-0.2, -0.15) is 0 Å². The molecule has 4 rings (SSSR count). The molecule has 8 heteroatoms. The molecule has 0 radical (unpaired) electrons. The van der Waals surface area contributed by atoms with Gasteiger partial charge in [0.1, 0.15) is 17.2 Å². The predicted molar refractivity (Wildman–Crippen MR) is 98.7 cm³/mol. The maximum atomic E-state index is 13.2. The number of aromatic amines is 1. The Morgan fingerprint density at radius 2 is 2.00 bits per heavy atom. The minimum Gasteiger partial charge on any atom is -0.336 e. The van der Waals surface area contributed by atoms with Gasteiger partial charge >= 0.3 is 0 Å². The van der Waals surface area contributed by atoms with Gasteiger partial charge in [-0.1, -0.05) is 0 Å². The second-order valence-corrected chi connectivity index (χ2v) is 6.58. The lowest BCUT2D eigenvalue weighted by molar-refractivity contribution is 0.102. The van der Waals surface area contributed by atoms with Crippen molar-refractivity contribution in [3.05, 3.63) is 75.4 Å². The third-order valence-electron chi connectivity index (χ3n) is 3.84. The number of hydrogen-bond acceptors (Lipinski definition) is 4. The topological polar surface area (TPSA) is 79.8 Å². The first kappa shape index (κ1) is 16.2. The van der Waals surface area contributed by atoms with E-state index in [1.54, 1.807) is 12.1 Å². The largest absolute Gasteiger partial charge is 0.336 e. The van der Waals surface area contributed by atoms with Crippen LogP contribution in [0.4, 0.5) is 9.52 Å². The number of nitrogens with zero attached hydrogens (tertiary/aromatic N) is 2. The SMILES string of the molecule is Cc1csc(NC(=O)c2cc3ccc(=O)n(-c4ccc(F)cc4)c3[nH]2)n1. The Labute approximate surface area is 150 Å². The number of carbonyl (C=O) groups is 1. The van der Waals surface area contributed by atoms with Gasteiger partial charge in [0.15, 0.2) is 5.13 Å². The van der Waals surface area contributed by atoms with Crippen LogP contribution >= 0.6 is 11.3 Å². The van der Waals surface area contributed by atoms with Gasteiger partial charge in [0.25, 0.3) is 11.5 Å². The Balaban J connectivity index is 1.77. The second-order valence-electron chi connectivity index (χ2n) is 5.72. The molecule has 0 saturated heterocycles. The van der Waals surface area contributed by atoms with Gasteiger partial charge in [-0.25, -0.2) is 9.37 Å². The highest BCUT2D eigenvalue weighted by atomic mass is 32.1. The molecule has 2 N–H and O–H groups in total. The van der Waals surface area contributed by atoms with Crippen molar-refractivity contribution in [2.45, 2.75) is 6.92 Å². The van der Waals surface area contributed by atoms with Gasteiger partial charge < -0.3 is 4.98 Å². The van der Waals surface area contributed by atoms with Crippen LogP contribution in [-0.2, 0) is 0 Å². The monoisotopic (exact) mass is 368 g/mol. The van der Waals surface area contributed by atoms with Gasteiger partial charge in [-0.3, -0.25) is 19.5 Å². The van der Waals surface area contributed by atoms with Crippen LogP contribution in [-0.4, -0.2) is 20.4 Å². The molecule has 0 fully saturated rings. The van der Waals surface area contributed by atoms with Crippen LogP contribution in [0.3, 0.4) is 0 Å². The molecule has 0 spiro atoms. The molecular weight excluding hydrogens is 355 g/mol. The Hall–Kier alpha value is -3.26. The number of carbonyl (C=O) groups excluding carboxylic acids is 1. The van der Waals surface area contributed by atoms with Crippen LogP contribution in [0.15, 0.2) is 52.6 Å². The number of fused-ring (bicyclic) bond motifs is 1. The summed E-state index contributed by atoms with van der Waals surface area (Å²) in [5.74, 6) is -0.743. The molecule has 0 saturated carbocycles. The summed E-state index contributed by atoms with van der Waals surface area (Å²) in [6.45, 7) is 1.84. The Bertz CT molecular complexity index is 1170. The Morgan fingerprint density at radius 3 is 2.69 bits per heavy atom. The lowest BCUT2D eigenvalue weighted by Crippen LogP contribution is -2.17. The van der Waals surface area contributed by atoms with Crippen LogP contribution < -0.4 is 10.9 Å². The van der Waals surface area contributed by atoms with E-state index in [2.05, 4.69) is 15.3 Å². The number of H-pyrrole nitrogens is 1. The second kappa shape index (κ2) is 6.23. The molecule has 1 amide bonds. The first-order chi connectivity index (χ1) is 12.5. The van der Waals surface area contributed by atoms with Crippen molar-refractivity contribution in [2.24, 2.45) is 0 Å². The normalized spacial score (nSPS) is 11.0. The third kappa shape index (κ3) is 2.91. The molecule has 0 unspecified atom stereocenters. The average Bonchev–Trinajstić information content (AvgIpc) is 3.22. The van der Waals surface area contributed by atoms with E-state index in [0.29, 0.717) is 27.5 Å². The fraction of sp³-hybridized carbons (Fsp3) is 0.0556. The number of hydrogen-bond donors (Lipinski definition) is 2. The number of aromatic nitrogens is 3. The predicted octanol–water partition coefficient (Wildman–Crippen LogP) is 3.48. The average molecular weight is 368 g/mol. The molecule has 6 nitrogen and oxygen atoms in total. The van der Waals surface area contributed by atoms with Crippen LogP contribution in [0.1, 0.15) is 16.2 Å². The van der Waals surface area contributed by atoms with Gasteiger partial charge in [-0.05, 0) is 43.3 Å². The Morgan fingerprint density at radius 1 is 1.23 bits per heavy atom. The fourth-order valence-electron chi connectivity index (χ4n) is 2.66. The van der Waals surface area contributed by atoms with E-state index in [0.717, 1.165) is 5.69 Å². The van der Waals surface area contributed by atoms with Crippen molar-refractivity contribution in [3.63, 3.8) is 0 Å². The maximum Gasteiger partial charge on any atom is 0.273 e. The van der Waals surface area contributed by atoms with Crippen molar-refractivity contribution in [2.75, 3.05) is 5.32 Å². The zero-order valence-corrected chi connectivity index (χ0v) is 14.4. The summed E-state index contributed by atoms with van der Waals surface area (Å²) in [5.41, 5.74) is 1.81. The van der Waals surface area contributed by atoms with Crippen molar-refractivity contribution in [1.29, 1.82) is 0 Å². The molecule has 26 heavy (non-hydrogen) atoms. The summed E-state index contributed by atoms with van der Waals surface area (Å²) in [6, 6.07) is 10.3. The third-order valence-corrected chi connectivity index (χ3v) is 4.72. The standard InChI is InChI=1S/C18H13FN4O2S/c1-10-9-26-18(20-10)22-17(25)14-8-11-2-7-15(24)23(16(11)21-14)13-5-3-12(19)4-6-13/h2-9,21H,1H3,(H,20,22,25). The van der Waals surface area contributed by atoms with Crippen molar-refractivity contribution in [1.82, 2.24) is 14.5 Å². The molecule has 130 valence electrons. The number of benzene rings is 1. The molecule has 0 aliphatic carbocycles. The molecule has 3 heterocycles. The molecule has 0 aliphatic rings. The van der Waals surface area contributed by atoms with Crippen molar-refractivity contribution < 1.29 is 9.18 Å².